The molecular weight excluding hydrogens is 250 g/mol. The lowest BCUT2D eigenvalue weighted by atomic mass is 10.2. The van der Waals surface area contributed by atoms with E-state index in [1.807, 2.05) is 36.4 Å². The molecule has 2 rings (SSSR count). The molecule has 88 valence electrons. The summed E-state index contributed by atoms with van der Waals surface area (Å²) in [6.45, 7) is 2.07. The van der Waals surface area contributed by atoms with Crippen LogP contribution in [-0.2, 0) is 5.75 Å². The minimum absolute atomic E-state index is 0.811. The van der Waals surface area contributed by atoms with Gasteiger partial charge in [0.05, 0.1) is 0 Å². The molecular formula is C14H14ClNS. The van der Waals surface area contributed by atoms with Crippen LogP contribution in [0.5, 0.6) is 0 Å². The van der Waals surface area contributed by atoms with Gasteiger partial charge in [-0.25, -0.2) is 0 Å². The average Bonchev–Trinajstić information content (AvgIpc) is 2.32. The van der Waals surface area contributed by atoms with E-state index in [0.717, 1.165) is 26.9 Å². The molecule has 0 aliphatic heterocycles. The van der Waals surface area contributed by atoms with Gasteiger partial charge in [0.15, 0.2) is 0 Å². The van der Waals surface area contributed by atoms with Crippen molar-refractivity contribution in [1.29, 1.82) is 0 Å². The Kier molecular flexibility index (Phi) is 3.97. The van der Waals surface area contributed by atoms with Gasteiger partial charge in [-0.1, -0.05) is 35.9 Å². The number of halogens is 1. The maximum Gasteiger partial charge on any atom is 0.0452 e. The first kappa shape index (κ1) is 12.3. The molecule has 0 aromatic heterocycles. The Balaban J connectivity index is 2.12. The Hall–Kier alpha value is -1.12. The zero-order valence-electron chi connectivity index (χ0n) is 9.61. The quantitative estimate of drug-likeness (QED) is 0.651. The third-order valence-electron chi connectivity index (χ3n) is 2.51. The zero-order valence-corrected chi connectivity index (χ0v) is 11.2. The maximum atomic E-state index is 6.12. The zero-order chi connectivity index (χ0) is 12.3. The van der Waals surface area contributed by atoms with Crippen LogP contribution in [0, 0.1) is 6.92 Å². The molecule has 0 spiro atoms. The largest absolute Gasteiger partial charge is 0.398 e. The molecule has 2 aromatic rings. The first-order valence-corrected chi connectivity index (χ1v) is 6.75. The van der Waals surface area contributed by atoms with Gasteiger partial charge in [-0.3, -0.25) is 0 Å². The minimum Gasteiger partial charge on any atom is -0.398 e. The molecule has 2 aromatic carbocycles. The van der Waals surface area contributed by atoms with Crippen molar-refractivity contribution in [2.75, 3.05) is 5.73 Å². The predicted molar refractivity (Wildman–Crippen MR) is 76.6 cm³/mol. The Bertz CT molecular complexity index is 525. The van der Waals surface area contributed by atoms with Crippen molar-refractivity contribution in [2.45, 2.75) is 17.6 Å². The third-order valence-corrected chi connectivity index (χ3v) is 4.00. The summed E-state index contributed by atoms with van der Waals surface area (Å²) in [6, 6.07) is 14.0. The number of rotatable bonds is 3. The molecule has 0 radical (unpaired) electrons. The van der Waals surface area contributed by atoms with Gasteiger partial charge in [0.25, 0.3) is 0 Å². The van der Waals surface area contributed by atoms with E-state index in [1.165, 1.54) is 5.56 Å². The van der Waals surface area contributed by atoms with E-state index in [9.17, 15) is 0 Å². The lowest BCUT2D eigenvalue weighted by molar-refractivity contribution is 1.34. The fourth-order valence-corrected chi connectivity index (χ4v) is 2.89. The molecule has 0 heterocycles. The van der Waals surface area contributed by atoms with Gasteiger partial charge in [-0.15, -0.1) is 11.8 Å². The van der Waals surface area contributed by atoms with Gasteiger partial charge in [0, 0.05) is 21.4 Å². The van der Waals surface area contributed by atoms with E-state index in [-0.39, 0.29) is 0 Å². The van der Waals surface area contributed by atoms with Gasteiger partial charge in [0.2, 0.25) is 0 Å². The number of anilines is 1. The maximum absolute atomic E-state index is 6.12. The second-order valence-electron chi connectivity index (χ2n) is 3.92. The van der Waals surface area contributed by atoms with Crippen LogP contribution in [0.15, 0.2) is 47.4 Å². The highest BCUT2D eigenvalue weighted by Crippen LogP contribution is 2.30. The molecule has 3 heteroatoms. The number of hydrogen-bond donors (Lipinski definition) is 1. The van der Waals surface area contributed by atoms with Crippen molar-refractivity contribution in [1.82, 2.24) is 0 Å². The number of nitrogen functional groups attached to an aromatic ring is 1. The number of benzene rings is 2. The van der Waals surface area contributed by atoms with Crippen molar-refractivity contribution in [3.63, 3.8) is 0 Å². The van der Waals surface area contributed by atoms with Gasteiger partial charge in [-0.2, -0.15) is 0 Å². The summed E-state index contributed by atoms with van der Waals surface area (Å²) in [5, 5.41) is 0.811. The lowest BCUT2D eigenvalue weighted by Crippen LogP contribution is -1.90. The molecule has 17 heavy (non-hydrogen) atoms. The normalized spacial score (nSPS) is 10.5. The Morgan fingerprint density at radius 2 is 1.94 bits per heavy atom. The molecule has 0 aliphatic rings. The minimum atomic E-state index is 0.811. The number of hydrogen-bond acceptors (Lipinski definition) is 2. The van der Waals surface area contributed by atoms with Crippen molar-refractivity contribution in [2.24, 2.45) is 0 Å². The fourth-order valence-electron chi connectivity index (χ4n) is 1.54. The Morgan fingerprint density at radius 3 is 2.71 bits per heavy atom. The van der Waals surface area contributed by atoms with E-state index in [2.05, 4.69) is 13.0 Å². The SMILES string of the molecule is Cc1ccc(N)c(SCc2ccccc2Cl)c1. The van der Waals surface area contributed by atoms with Gasteiger partial charge < -0.3 is 5.73 Å². The highest BCUT2D eigenvalue weighted by Gasteiger charge is 2.03. The smallest absolute Gasteiger partial charge is 0.0452 e. The van der Waals surface area contributed by atoms with Crippen molar-refractivity contribution in [3.8, 4) is 0 Å². The summed E-state index contributed by atoms with van der Waals surface area (Å²) in [6.07, 6.45) is 0. The number of thioether (sulfide) groups is 1. The Labute approximate surface area is 111 Å². The monoisotopic (exact) mass is 263 g/mol. The molecule has 0 unspecified atom stereocenters. The second-order valence-corrected chi connectivity index (χ2v) is 5.35. The molecule has 0 saturated carbocycles. The summed E-state index contributed by atoms with van der Waals surface area (Å²) in [5.41, 5.74) is 9.13. The summed E-state index contributed by atoms with van der Waals surface area (Å²) in [5.74, 6) is 0.841. The van der Waals surface area contributed by atoms with E-state index >= 15 is 0 Å². The van der Waals surface area contributed by atoms with Gasteiger partial charge >= 0.3 is 0 Å². The van der Waals surface area contributed by atoms with Gasteiger partial charge in [-0.05, 0) is 36.2 Å². The van der Waals surface area contributed by atoms with E-state index in [0.29, 0.717) is 0 Å². The average molecular weight is 264 g/mol. The molecule has 0 bridgehead atoms. The van der Waals surface area contributed by atoms with Crippen LogP contribution in [-0.4, -0.2) is 0 Å². The fraction of sp³-hybridized carbons (Fsp3) is 0.143. The lowest BCUT2D eigenvalue weighted by Gasteiger charge is -2.07. The standard InChI is InChI=1S/C14H14ClNS/c1-10-6-7-13(16)14(8-10)17-9-11-4-2-3-5-12(11)15/h2-8H,9,16H2,1H3. The molecule has 0 saturated heterocycles. The van der Waals surface area contributed by atoms with Crippen molar-refractivity contribution >= 4 is 29.1 Å². The molecule has 0 fully saturated rings. The number of aryl methyl sites for hydroxylation is 1. The second kappa shape index (κ2) is 5.48. The third kappa shape index (κ3) is 3.18. The van der Waals surface area contributed by atoms with Crippen LogP contribution in [0.1, 0.15) is 11.1 Å². The van der Waals surface area contributed by atoms with Gasteiger partial charge in [0.1, 0.15) is 0 Å². The van der Waals surface area contributed by atoms with Crippen LogP contribution in [0.4, 0.5) is 5.69 Å². The summed E-state index contributed by atoms with van der Waals surface area (Å²) < 4.78 is 0. The molecule has 1 nitrogen and oxygen atoms in total. The summed E-state index contributed by atoms with van der Waals surface area (Å²) >= 11 is 7.84. The predicted octanol–water partition coefficient (Wildman–Crippen LogP) is 4.52. The van der Waals surface area contributed by atoms with Crippen molar-refractivity contribution in [3.05, 3.63) is 58.6 Å². The summed E-state index contributed by atoms with van der Waals surface area (Å²) in [7, 11) is 0. The first-order chi connectivity index (χ1) is 8.16. The molecule has 0 aliphatic carbocycles. The van der Waals surface area contributed by atoms with Crippen molar-refractivity contribution < 1.29 is 0 Å². The van der Waals surface area contributed by atoms with Crippen LogP contribution in [0.3, 0.4) is 0 Å². The van der Waals surface area contributed by atoms with Crippen LogP contribution < -0.4 is 5.73 Å². The molecule has 2 N–H and O–H groups in total. The van der Waals surface area contributed by atoms with Crippen LogP contribution in [0.2, 0.25) is 5.02 Å². The van der Waals surface area contributed by atoms with E-state index in [4.69, 9.17) is 17.3 Å². The van der Waals surface area contributed by atoms with E-state index < -0.39 is 0 Å². The molecule has 0 atom stereocenters. The van der Waals surface area contributed by atoms with E-state index in [1.54, 1.807) is 11.8 Å². The Morgan fingerprint density at radius 1 is 1.18 bits per heavy atom. The molecule has 0 amide bonds. The first-order valence-electron chi connectivity index (χ1n) is 5.39. The summed E-state index contributed by atoms with van der Waals surface area (Å²) in [4.78, 5) is 1.12. The topological polar surface area (TPSA) is 26.0 Å². The number of nitrogens with two attached hydrogens (primary N) is 1. The van der Waals surface area contributed by atoms with Crippen LogP contribution >= 0.6 is 23.4 Å². The highest BCUT2D eigenvalue weighted by molar-refractivity contribution is 7.98. The highest BCUT2D eigenvalue weighted by atomic mass is 35.5. The van der Waals surface area contributed by atoms with Crippen LogP contribution in [0.25, 0.3) is 0 Å².